The number of hydrogen-bond acceptors (Lipinski definition) is 10. The van der Waals surface area contributed by atoms with E-state index >= 15 is 0 Å². The number of nitrogens with two attached hydrogens (primary N) is 1. The van der Waals surface area contributed by atoms with Crippen molar-refractivity contribution in [3.05, 3.63) is 22.7 Å². The second-order valence-corrected chi connectivity index (χ2v) is 3.85. The van der Waals surface area contributed by atoms with E-state index in [9.17, 15) is 14.4 Å². The molecule has 0 aliphatic carbocycles. The number of anilines is 1. The van der Waals surface area contributed by atoms with Gasteiger partial charge in [-0.25, -0.2) is 25.4 Å². The predicted molar refractivity (Wildman–Crippen MR) is 73.0 cm³/mol. The van der Waals surface area contributed by atoms with Crippen molar-refractivity contribution < 1.29 is 30.0 Å². The molecular weight excluding hydrogens is 316 g/mol. The number of nitrogens with zero attached hydrogens (tertiary/aromatic N) is 3. The fourth-order valence-electron chi connectivity index (χ4n) is 1.21. The molecule has 2 heterocycles. The molecule has 2 rings (SSSR count). The van der Waals surface area contributed by atoms with Crippen LogP contribution < -0.4 is 16.8 Å². The molecule has 2 atom stereocenters. The summed E-state index contributed by atoms with van der Waals surface area (Å²) in [6.07, 6.45) is -1.65. The van der Waals surface area contributed by atoms with E-state index in [-0.39, 0.29) is 22.7 Å². The summed E-state index contributed by atoms with van der Waals surface area (Å²) in [7, 11) is 0. The molecule has 2 aromatic heterocycles. The van der Waals surface area contributed by atoms with E-state index in [1.54, 1.807) is 0 Å². The number of aliphatic carboxylic acids is 2. The Bertz CT molecular complexity index is 745. The SMILES string of the molecule is NNc1nc2nccnc2c(=O)[nH]1.O=C(O)C(O)C(O)C(=O)O. The first-order valence-electron chi connectivity index (χ1n) is 5.77. The quantitative estimate of drug-likeness (QED) is 0.218. The van der Waals surface area contributed by atoms with Crippen LogP contribution in [0.1, 0.15) is 0 Å². The van der Waals surface area contributed by atoms with E-state index in [1.807, 2.05) is 0 Å². The van der Waals surface area contributed by atoms with Gasteiger partial charge in [0.1, 0.15) is 0 Å². The average molecular weight is 328 g/mol. The van der Waals surface area contributed by atoms with Crippen LogP contribution in [-0.4, -0.2) is 64.5 Å². The molecule has 0 fully saturated rings. The Morgan fingerprint density at radius 3 is 2.13 bits per heavy atom. The number of aromatic nitrogens is 4. The van der Waals surface area contributed by atoms with E-state index in [0.29, 0.717) is 0 Å². The minimum absolute atomic E-state index is 0.165. The molecule has 23 heavy (non-hydrogen) atoms. The van der Waals surface area contributed by atoms with Crippen LogP contribution in [-0.2, 0) is 9.59 Å². The largest absolute Gasteiger partial charge is 0.479 e. The molecular formula is C10H12N6O7. The second kappa shape index (κ2) is 7.74. The van der Waals surface area contributed by atoms with Gasteiger partial charge < -0.3 is 20.4 Å². The monoisotopic (exact) mass is 328 g/mol. The molecule has 8 N–H and O–H groups in total. The van der Waals surface area contributed by atoms with Crippen molar-refractivity contribution in [2.75, 3.05) is 5.43 Å². The Labute approximate surface area is 126 Å². The van der Waals surface area contributed by atoms with Gasteiger partial charge in [0, 0.05) is 12.4 Å². The average Bonchev–Trinajstić information content (AvgIpc) is 2.53. The van der Waals surface area contributed by atoms with E-state index in [2.05, 4.69) is 25.4 Å². The first kappa shape index (κ1) is 17.9. The van der Waals surface area contributed by atoms with E-state index in [0.717, 1.165) is 0 Å². The maximum absolute atomic E-state index is 11.3. The van der Waals surface area contributed by atoms with Crippen LogP contribution >= 0.6 is 0 Å². The molecule has 0 radical (unpaired) electrons. The van der Waals surface area contributed by atoms with Gasteiger partial charge >= 0.3 is 11.9 Å². The molecule has 124 valence electrons. The van der Waals surface area contributed by atoms with Gasteiger partial charge in [0.15, 0.2) is 23.4 Å². The molecule has 0 amide bonds. The number of aliphatic hydroxyl groups is 2. The number of hydrogen-bond donors (Lipinski definition) is 7. The third kappa shape index (κ3) is 4.67. The lowest BCUT2D eigenvalue weighted by Gasteiger charge is -2.07. The fraction of sp³-hybridized carbons (Fsp3) is 0.200. The maximum Gasteiger partial charge on any atom is 0.335 e. The second-order valence-electron chi connectivity index (χ2n) is 3.85. The Hall–Kier alpha value is -3.16. The molecule has 13 nitrogen and oxygen atoms in total. The highest BCUT2D eigenvalue weighted by Gasteiger charge is 2.29. The fourth-order valence-corrected chi connectivity index (χ4v) is 1.21. The van der Waals surface area contributed by atoms with Gasteiger partial charge in [-0.15, -0.1) is 0 Å². The topological polar surface area (TPSA) is 225 Å². The lowest BCUT2D eigenvalue weighted by atomic mass is 10.2. The molecule has 13 heteroatoms. The minimum Gasteiger partial charge on any atom is -0.479 e. The van der Waals surface area contributed by atoms with Crippen LogP contribution in [0.2, 0.25) is 0 Å². The van der Waals surface area contributed by atoms with Gasteiger partial charge in [0.2, 0.25) is 5.95 Å². The highest BCUT2D eigenvalue weighted by molar-refractivity contribution is 5.83. The highest BCUT2D eigenvalue weighted by atomic mass is 16.4. The number of H-pyrrole nitrogens is 1. The summed E-state index contributed by atoms with van der Waals surface area (Å²) in [5.41, 5.74) is 2.32. The molecule has 0 aromatic carbocycles. The number of carbonyl (C=O) groups is 2. The summed E-state index contributed by atoms with van der Waals surface area (Å²) >= 11 is 0. The van der Waals surface area contributed by atoms with Gasteiger partial charge in [0.05, 0.1) is 0 Å². The summed E-state index contributed by atoms with van der Waals surface area (Å²) in [5, 5.41) is 32.5. The van der Waals surface area contributed by atoms with Gasteiger partial charge in [-0.1, -0.05) is 0 Å². The molecule has 0 saturated carbocycles. The predicted octanol–water partition coefficient (Wildman–Crippen LogP) is -3.12. The van der Waals surface area contributed by atoms with Gasteiger partial charge in [-0.3, -0.25) is 15.2 Å². The van der Waals surface area contributed by atoms with Crippen LogP contribution in [0.15, 0.2) is 17.2 Å². The molecule has 0 aliphatic rings. The third-order valence-corrected chi connectivity index (χ3v) is 2.29. The molecule has 2 aromatic rings. The molecule has 0 saturated heterocycles. The number of nitrogen functional groups attached to an aromatic ring is 1. The molecule has 0 aliphatic heterocycles. The Balaban J connectivity index is 0.000000241. The number of rotatable bonds is 4. The first-order chi connectivity index (χ1) is 10.8. The lowest BCUT2D eigenvalue weighted by Crippen LogP contribution is -2.39. The number of hydrazine groups is 1. The first-order valence-corrected chi connectivity index (χ1v) is 5.77. The maximum atomic E-state index is 11.3. The number of aromatic amines is 1. The van der Waals surface area contributed by atoms with Crippen molar-refractivity contribution in [1.82, 2.24) is 19.9 Å². The number of fused-ring (bicyclic) bond motifs is 1. The highest BCUT2D eigenvalue weighted by Crippen LogP contribution is 1.99. The summed E-state index contributed by atoms with van der Waals surface area (Å²) in [5.74, 6) is 1.71. The Kier molecular flexibility index (Phi) is 6.02. The van der Waals surface area contributed by atoms with Crippen LogP contribution in [0.25, 0.3) is 11.2 Å². The Morgan fingerprint density at radius 1 is 1.13 bits per heavy atom. The van der Waals surface area contributed by atoms with Crippen molar-refractivity contribution >= 4 is 29.1 Å². The van der Waals surface area contributed by atoms with Gasteiger partial charge in [0.25, 0.3) is 5.56 Å². The number of carboxylic acid groups (broad SMARTS) is 2. The zero-order chi connectivity index (χ0) is 17.6. The van der Waals surface area contributed by atoms with Crippen LogP contribution in [0.4, 0.5) is 5.95 Å². The summed E-state index contributed by atoms with van der Waals surface area (Å²) in [6.45, 7) is 0. The van der Waals surface area contributed by atoms with Crippen molar-refractivity contribution in [3.8, 4) is 0 Å². The third-order valence-electron chi connectivity index (χ3n) is 2.29. The molecule has 0 bridgehead atoms. The van der Waals surface area contributed by atoms with Crippen molar-refractivity contribution in [3.63, 3.8) is 0 Å². The number of aliphatic hydroxyl groups excluding tert-OH is 2. The van der Waals surface area contributed by atoms with Crippen molar-refractivity contribution in [1.29, 1.82) is 0 Å². The smallest absolute Gasteiger partial charge is 0.335 e. The zero-order valence-corrected chi connectivity index (χ0v) is 11.2. The standard InChI is InChI=1S/C6H6N6O.C4H6O6/c7-12-6-10-4-3(5(13)11-6)8-1-2-9-4;5-1(3(7)8)2(6)4(9)10/h1-2H,7H2,(H2,9,10,11,12,13);1-2,5-6H,(H,7,8)(H,9,10). The zero-order valence-electron chi connectivity index (χ0n) is 11.2. The Morgan fingerprint density at radius 2 is 1.65 bits per heavy atom. The molecule has 2 unspecified atom stereocenters. The normalized spacial score (nSPS) is 12.7. The summed E-state index contributed by atoms with van der Waals surface area (Å²) < 4.78 is 0. The van der Waals surface area contributed by atoms with Gasteiger partial charge in [-0.05, 0) is 0 Å². The van der Waals surface area contributed by atoms with Crippen LogP contribution in [0.3, 0.4) is 0 Å². The van der Waals surface area contributed by atoms with Gasteiger partial charge in [-0.2, -0.15) is 4.98 Å². The number of nitrogens with one attached hydrogen (secondary N) is 2. The van der Waals surface area contributed by atoms with E-state index < -0.39 is 24.1 Å². The number of carboxylic acids is 2. The molecule has 0 spiro atoms. The lowest BCUT2D eigenvalue weighted by molar-refractivity contribution is -0.165. The minimum atomic E-state index is -2.27. The summed E-state index contributed by atoms with van der Waals surface area (Å²) in [6, 6.07) is 0. The van der Waals surface area contributed by atoms with Crippen molar-refractivity contribution in [2.24, 2.45) is 5.84 Å². The van der Waals surface area contributed by atoms with Crippen molar-refractivity contribution in [2.45, 2.75) is 12.2 Å². The van der Waals surface area contributed by atoms with Crippen LogP contribution in [0.5, 0.6) is 0 Å². The van der Waals surface area contributed by atoms with Crippen LogP contribution in [0, 0.1) is 0 Å². The van der Waals surface area contributed by atoms with E-state index in [1.165, 1.54) is 12.4 Å². The van der Waals surface area contributed by atoms with E-state index in [4.69, 9.17) is 26.3 Å². The summed E-state index contributed by atoms with van der Waals surface area (Å²) in [4.78, 5) is 44.8.